The first kappa shape index (κ1) is 23.7. The Balaban J connectivity index is 1.51. The first-order valence-electron chi connectivity index (χ1n) is 11.8. The predicted octanol–water partition coefficient (Wildman–Crippen LogP) is 4.83. The van der Waals surface area contributed by atoms with Crippen molar-refractivity contribution < 1.29 is 28.5 Å². The van der Waals surface area contributed by atoms with Gasteiger partial charge in [-0.05, 0) is 55.2 Å². The van der Waals surface area contributed by atoms with Crippen LogP contribution >= 0.6 is 0 Å². The Kier molecular flexibility index (Phi) is 6.52. The first-order chi connectivity index (χ1) is 17.5. The number of amides is 1. The van der Waals surface area contributed by atoms with Gasteiger partial charge in [0.2, 0.25) is 5.75 Å². The summed E-state index contributed by atoms with van der Waals surface area (Å²) in [5.74, 6) is 1.93. The van der Waals surface area contributed by atoms with E-state index < -0.39 is 6.10 Å². The molecule has 0 radical (unpaired) electrons. The van der Waals surface area contributed by atoms with Crippen LogP contribution in [0.5, 0.6) is 17.2 Å². The van der Waals surface area contributed by atoms with Gasteiger partial charge in [0.25, 0.3) is 5.91 Å². The van der Waals surface area contributed by atoms with E-state index in [1.165, 1.54) is 0 Å². The predicted molar refractivity (Wildman–Crippen MR) is 136 cm³/mol. The second kappa shape index (κ2) is 9.91. The lowest BCUT2D eigenvalue weighted by Crippen LogP contribution is -2.39. The van der Waals surface area contributed by atoms with Crippen LogP contribution in [0.1, 0.15) is 29.6 Å². The number of nitrogens with zero attached hydrogens (tertiary/aromatic N) is 1. The number of aliphatic hydroxyl groups is 1. The van der Waals surface area contributed by atoms with Crippen LogP contribution in [0.15, 0.2) is 59.1 Å². The van der Waals surface area contributed by atoms with Gasteiger partial charge in [0.05, 0.1) is 33.5 Å². The zero-order valence-corrected chi connectivity index (χ0v) is 20.4. The Hall–Kier alpha value is -4.04. The molecule has 2 atom stereocenters. The van der Waals surface area contributed by atoms with Crippen molar-refractivity contribution in [1.29, 1.82) is 0 Å². The number of pyridine rings is 1. The lowest BCUT2D eigenvalue weighted by Gasteiger charge is -2.16. The molecular formula is C28H28N2O6. The van der Waals surface area contributed by atoms with Gasteiger partial charge >= 0.3 is 0 Å². The maximum Gasteiger partial charge on any atom is 0.251 e. The molecule has 0 unspecified atom stereocenters. The molecule has 36 heavy (non-hydrogen) atoms. The van der Waals surface area contributed by atoms with Gasteiger partial charge in [-0.1, -0.05) is 12.1 Å². The fraction of sp³-hybridized carbons (Fsp3) is 0.286. The average Bonchev–Trinajstić information content (AvgIpc) is 3.53. The number of hydrogen-bond acceptors (Lipinski definition) is 7. The number of carbonyl (C=O) groups excluding carboxylic acids is 1. The molecule has 1 saturated carbocycles. The number of furan rings is 1. The summed E-state index contributed by atoms with van der Waals surface area (Å²) in [4.78, 5) is 17.3. The number of hydrogen-bond donors (Lipinski definition) is 2. The van der Waals surface area contributed by atoms with E-state index in [0.717, 1.165) is 29.5 Å². The van der Waals surface area contributed by atoms with Gasteiger partial charge in [0.1, 0.15) is 11.3 Å². The number of rotatable bonds is 7. The average molecular weight is 489 g/mol. The van der Waals surface area contributed by atoms with E-state index in [1.807, 2.05) is 42.5 Å². The minimum absolute atomic E-state index is 0.203. The summed E-state index contributed by atoms with van der Waals surface area (Å²) in [7, 11) is 4.69. The largest absolute Gasteiger partial charge is 0.493 e. The zero-order valence-electron chi connectivity index (χ0n) is 20.4. The number of aromatic nitrogens is 1. The molecule has 2 heterocycles. The molecule has 2 N–H and O–H groups in total. The summed E-state index contributed by atoms with van der Waals surface area (Å²) in [6, 6.07) is 14.5. The van der Waals surface area contributed by atoms with Crippen molar-refractivity contribution in [3.8, 4) is 39.7 Å². The standard InChI is InChI=1S/C28H28N2O6/c1-33-24-13-18(14-25(34-2)27(24)35-3)23-15-21-26(36-23)19(10-11-29-21)16-6-4-7-17(12-16)28(32)30-20-8-5-9-22(20)31/h4,6-7,10-15,20,22,31H,5,8-9H2,1-3H3,(H,30,32)/t20-,22-/m1/s1. The monoisotopic (exact) mass is 488 g/mol. The summed E-state index contributed by atoms with van der Waals surface area (Å²) in [6.45, 7) is 0. The first-order valence-corrected chi connectivity index (χ1v) is 11.8. The highest BCUT2D eigenvalue weighted by Gasteiger charge is 2.27. The number of ether oxygens (including phenoxy) is 3. The van der Waals surface area contributed by atoms with Crippen LogP contribution in [0.2, 0.25) is 0 Å². The molecule has 186 valence electrons. The van der Waals surface area contributed by atoms with Crippen LogP contribution in [0.4, 0.5) is 0 Å². The van der Waals surface area contributed by atoms with Crippen molar-refractivity contribution in [3.63, 3.8) is 0 Å². The third-order valence-corrected chi connectivity index (χ3v) is 6.59. The number of methoxy groups -OCH3 is 3. The summed E-state index contributed by atoms with van der Waals surface area (Å²) in [6.07, 6.45) is 3.64. The molecule has 1 fully saturated rings. The van der Waals surface area contributed by atoms with Crippen LogP contribution < -0.4 is 19.5 Å². The molecule has 1 amide bonds. The second-order valence-corrected chi connectivity index (χ2v) is 8.76. The van der Waals surface area contributed by atoms with Crippen molar-refractivity contribution >= 4 is 17.0 Å². The summed E-state index contributed by atoms with van der Waals surface area (Å²) in [5, 5.41) is 13.0. The van der Waals surface area contributed by atoms with Gasteiger partial charge in [-0.3, -0.25) is 9.78 Å². The molecule has 2 aromatic heterocycles. The Morgan fingerprint density at radius 3 is 2.44 bits per heavy atom. The Bertz CT molecular complexity index is 1390. The zero-order chi connectivity index (χ0) is 25.2. The van der Waals surface area contributed by atoms with Gasteiger partial charge in [0, 0.05) is 29.0 Å². The summed E-state index contributed by atoms with van der Waals surface area (Å²) < 4.78 is 22.7. The van der Waals surface area contributed by atoms with E-state index in [9.17, 15) is 9.90 Å². The maximum atomic E-state index is 12.9. The molecule has 2 aromatic carbocycles. The number of fused-ring (bicyclic) bond motifs is 1. The molecule has 1 aliphatic carbocycles. The number of benzene rings is 2. The van der Waals surface area contributed by atoms with Gasteiger partial charge in [-0.2, -0.15) is 0 Å². The van der Waals surface area contributed by atoms with Crippen LogP contribution in [0.25, 0.3) is 33.6 Å². The Morgan fingerprint density at radius 1 is 1.00 bits per heavy atom. The van der Waals surface area contributed by atoms with Gasteiger partial charge in [-0.25, -0.2) is 0 Å². The highest BCUT2D eigenvalue weighted by molar-refractivity contribution is 5.98. The lowest BCUT2D eigenvalue weighted by atomic mass is 10.0. The number of aliphatic hydroxyl groups excluding tert-OH is 1. The van der Waals surface area contributed by atoms with E-state index in [1.54, 1.807) is 33.6 Å². The normalized spacial score (nSPS) is 17.2. The minimum Gasteiger partial charge on any atom is -0.493 e. The number of carbonyl (C=O) groups is 1. The lowest BCUT2D eigenvalue weighted by molar-refractivity contribution is 0.0873. The van der Waals surface area contributed by atoms with E-state index in [-0.39, 0.29) is 11.9 Å². The van der Waals surface area contributed by atoms with E-state index in [2.05, 4.69) is 10.3 Å². The highest BCUT2D eigenvalue weighted by atomic mass is 16.5. The van der Waals surface area contributed by atoms with E-state index in [4.69, 9.17) is 18.6 Å². The third-order valence-electron chi connectivity index (χ3n) is 6.59. The minimum atomic E-state index is -0.492. The summed E-state index contributed by atoms with van der Waals surface area (Å²) >= 11 is 0. The quantitative estimate of drug-likeness (QED) is 0.384. The molecule has 4 aromatic rings. The van der Waals surface area contributed by atoms with Crippen molar-refractivity contribution in [2.45, 2.75) is 31.4 Å². The fourth-order valence-corrected chi connectivity index (χ4v) is 4.72. The van der Waals surface area contributed by atoms with Crippen molar-refractivity contribution in [1.82, 2.24) is 10.3 Å². The highest BCUT2D eigenvalue weighted by Crippen LogP contribution is 2.42. The molecule has 0 bridgehead atoms. The van der Waals surface area contributed by atoms with Gasteiger partial charge < -0.3 is 29.1 Å². The van der Waals surface area contributed by atoms with Crippen LogP contribution in [0.3, 0.4) is 0 Å². The molecule has 0 saturated heterocycles. The molecule has 8 heteroatoms. The van der Waals surface area contributed by atoms with Crippen LogP contribution in [-0.2, 0) is 0 Å². The molecule has 8 nitrogen and oxygen atoms in total. The molecule has 0 spiro atoms. The molecule has 0 aliphatic heterocycles. The fourth-order valence-electron chi connectivity index (χ4n) is 4.72. The topological polar surface area (TPSA) is 103 Å². The SMILES string of the molecule is COc1cc(-c2cc3nccc(-c4cccc(C(=O)N[C@@H]5CCC[C@H]5O)c4)c3o2)cc(OC)c1OC. The van der Waals surface area contributed by atoms with Gasteiger partial charge in [-0.15, -0.1) is 0 Å². The Morgan fingerprint density at radius 2 is 1.78 bits per heavy atom. The second-order valence-electron chi connectivity index (χ2n) is 8.76. The van der Waals surface area contributed by atoms with Crippen molar-refractivity contribution in [3.05, 3.63) is 60.3 Å². The van der Waals surface area contributed by atoms with Crippen LogP contribution in [0, 0.1) is 0 Å². The molecule has 5 rings (SSSR count). The smallest absolute Gasteiger partial charge is 0.251 e. The van der Waals surface area contributed by atoms with E-state index in [0.29, 0.717) is 46.1 Å². The van der Waals surface area contributed by atoms with Gasteiger partial charge in [0.15, 0.2) is 17.1 Å². The van der Waals surface area contributed by atoms with Crippen molar-refractivity contribution in [2.24, 2.45) is 0 Å². The van der Waals surface area contributed by atoms with Crippen molar-refractivity contribution in [2.75, 3.05) is 21.3 Å². The Labute approximate surface area is 208 Å². The number of nitrogens with one attached hydrogen (secondary N) is 1. The van der Waals surface area contributed by atoms with E-state index >= 15 is 0 Å². The van der Waals surface area contributed by atoms with Crippen LogP contribution in [-0.4, -0.2) is 49.5 Å². The molecule has 1 aliphatic rings. The third kappa shape index (κ3) is 4.35. The summed E-state index contributed by atoms with van der Waals surface area (Å²) in [5.41, 5.74) is 4.19. The maximum absolute atomic E-state index is 12.9. The molecular weight excluding hydrogens is 460 g/mol.